The van der Waals surface area contributed by atoms with E-state index in [9.17, 15) is 0 Å². The predicted molar refractivity (Wildman–Crippen MR) is 71.4 cm³/mol. The van der Waals surface area contributed by atoms with E-state index in [2.05, 4.69) is 35.6 Å². The Balaban J connectivity index is 2.21. The maximum Gasteiger partial charge on any atom is 0.105 e. The standard InChI is InChI=1S/C14H21N3O/c1-11(8-12-6-5-7-18-12)17-10-16-9-13(17)14(2,3)15-4/h5-7,9-11,15H,8H2,1-4H3. The van der Waals surface area contributed by atoms with E-state index in [0.717, 1.165) is 12.2 Å². The molecule has 18 heavy (non-hydrogen) atoms. The Hall–Kier alpha value is -1.55. The van der Waals surface area contributed by atoms with Gasteiger partial charge < -0.3 is 14.3 Å². The fourth-order valence-corrected chi connectivity index (χ4v) is 2.09. The van der Waals surface area contributed by atoms with Crippen LogP contribution in [0.3, 0.4) is 0 Å². The summed E-state index contributed by atoms with van der Waals surface area (Å²) in [5.74, 6) is 1.00. The molecule has 0 radical (unpaired) electrons. The van der Waals surface area contributed by atoms with Crippen LogP contribution in [0.4, 0.5) is 0 Å². The van der Waals surface area contributed by atoms with Gasteiger partial charge in [-0.2, -0.15) is 0 Å². The van der Waals surface area contributed by atoms with Crippen LogP contribution in [-0.2, 0) is 12.0 Å². The summed E-state index contributed by atoms with van der Waals surface area (Å²) < 4.78 is 7.61. The summed E-state index contributed by atoms with van der Waals surface area (Å²) in [5.41, 5.74) is 1.09. The van der Waals surface area contributed by atoms with Gasteiger partial charge in [-0.3, -0.25) is 0 Å². The van der Waals surface area contributed by atoms with Crippen molar-refractivity contribution in [3.05, 3.63) is 42.4 Å². The number of imidazole rings is 1. The SMILES string of the molecule is CNC(C)(C)c1cncn1C(C)Cc1ccco1. The van der Waals surface area contributed by atoms with Gasteiger partial charge in [-0.05, 0) is 40.0 Å². The predicted octanol–water partition coefficient (Wildman–Crippen LogP) is 2.73. The summed E-state index contributed by atoms with van der Waals surface area (Å²) in [6, 6.07) is 4.26. The molecule has 2 aromatic heterocycles. The van der Waals surface area contributed by atoms with Crippen molar-refractivity contribution in [2.75, 3.05) is 7.05 Å². The largest absolute Gasteiger partial charge is 0.469 e. The number of hydrogen-bond donors (Lipinski definition) is 1. The Morgan fingerprint density at radius 3 is 2.89 bits per heavy atom. The molecule has 0 fully saturated rings. The zero-order valence-electron chi connectivity index (χ0n) is 11.5. The van der Waals surface area contributed by atoms with E-state index in [0.29, 0.717) is 6.04 Å². The van der Waals surface area contributed by atoms with Crippen LogP contribution in [-0.4, -0.2) is 16.6 Å². The zero-order chi connectivity index (χ0) is 13.2. The molecular formula is C14H21N3O. The van der Waals surface area contributed by atoms with Gasteiger partial charge in [0.2, 0.25) is 0 Å². The van der Waals surface area contributed by atoms with Gasteiger partial charge in [-0.25, -0.2) is 4.98 Å². The molecule has 0 aliphatic heterocycles. The highest BCUT2D eigenvalue weighted by Crippen LogP contribution is 2.24. The van der Waals surface area contributed by atoms with Crippen LogP contribution in [0.25, 0.3) is 0 Å². The lowest BCUT2D eigenvalue weighted by molar-refractivity contribution is 0.377. The molecule has 1 unspecified atom stereocenters. The van der Waals surface area contributed by atoms with Crippen molar-refractivity contribution >= 4 is 0 Å². The highest BCUT2D eigenvalue weighted by atomic mass is 16.3. The quantitative estimate of drug-likeness (QED) is 0.883. The second-order valence-electron chi connectivity index (χ2n) is 5.19. The Morgan fingerprint density at radius 2 is 2.28 bits per heavy atom. The first-order chi connectivity index (χ1) is 8.54. The summed E-state index contributed by atoms with van der Waals surface area (Å²) in [6.45, 7) is 6.49. The molecule has 0 spiro atoms. The first-order valence-corrected chi connectivity index (χ1v) is 6.28. The van der Waals surface area contributed by atoms with Crippen molar-refractivity contribution in [2.24, 2.45) is 0 Å². The van der Waals surface area contributed by atoms with Crippen molar-refractivity contribution in [1.82, 2.24) is 14.9 Å². The van der Waals surface area contributed by atoms with Crippen molar-refractivity contribution in [3.63, 3.8) is 0 Å². The lowest BCUT2D eigenvalue weighted by Gasteiger charge is -2.27. The van der Waals surface area contributed by atoms with Crippen molar-refractivity contribution in [3.8, 4) is 0 Å². The zero-order valence-corrected chi connectivity index (χ0v) is 11.5. The lowest BCUT2D eigenvalue weighted by Crippen LogP contribution is -2.36. The number of nitrogens with zero attached hydrogens (tertiary/aromatic N) is 2. The molecule has 2 heterocycles. The van der Waals surface area contributed by atoms with Crippen LogP contribution in [0.15, 0.2) is 35.3 Å². The molecular weight excluding hydrogens is 226 g/mol. The van der Waals surface area contributed by atoms with E-state index in [1.807, 2.05) is 31.7 Å². The highest BCUT2D eigenvalue weighted by molar-refractivity contribution is 5.12. The molecule has 4 heteroatoms. The van der Waals surface area contributed by atoms with Gasteiger partial charge >= 0.3 is 0 Å². The number of aromatic nitrogens is 2. The molecule has 0 aliphatic rings. The van der Waals surface area contributed by atoms with Gasteiger partial charge in [0.1, 0.15) is 5.76 Å². The van der Waals surface area contributed by atoms with Gasteiger partial charge in [-0.1, -0.05) is 0 Å². The monoisotopic (exact) mass is 247 g/mol. The van der Waals surface area contributed by atoms with Crippen LogP contribution in [0.1, 0.15) is 38.3 Å². The molecule has 0 aliphatic carbocycles. The van der Waals surface area contributed by atoms with Crippen LogP contribution in [0.2, 0.25) is 0 Å². The van der Waals surface area contributed by atoms with E-state index in [1.165, 1.54) is 5.69 Å². The Labute approximate surface area is 108 Å². The van der Waals surface area contributed by atoms with E-state index >= 15 is 0 Å². The van der Waals surface area contributed by atoms with Crippen LogP contribution < -0.4 is 5.32 Å². The molecule has 2 aromatic rings. The summed E-state index contributed by atoms with van der Waals surface area (Å²) in [7, 11) is 1.97. The molecule has 4 nitrogen and oxygen atoms in total. The molecule has 0 saturated heterocycles. The van der Waals surface area contributed by atoms with Crippen molar-refractivity contribution < 1.29 is 4.42 Å². The second kappa shape index (κ2) is 4.98. The average Bonchev–Trinajstić information content (AvgIpc) is 2.99. The van der Waals surface area contributed by atoms with Crippen LogP contribution >= 0.6 is 0 Å². The summed E-state index contributed by atoms with van der Waals surface area (Å²) in [5, 5.41) is 3.31. The Morgan fingerprint density at radius 1 is 1.50 bits per heavy atom. The van der Waals surface area contributed by atoms with E-state index in [-0.39, 0.29) is 5.54 Å². The molecule has 1 atom stereocenters. The third-order valence-electron chi connectivity index (χ3n) is 3.48. The lowest BCUT2D eigenvalue weighted by atomic mass is 10.0. The highest BCUT2D eigenvalue weighted by Gasteiger charge is 2.24. The summed E-state index contributed by atoms with van der Waals surface area (Å²) in [6.07, 6.45) is 6.40. The normalized spacial score (nSPS) is 13.8. The van der Waals surface area contributed by atoms with Gasteiger partial charge in [0.25, 0.3) is 0 Å². The van der Waals surface area contributed by atoms with Crippen molar-refractivity contribution in [2.45, 2.75) is 38.8 Å². The first kappa shape index (κ1) is 12.9. The van der Waals surface area contributed by atoms with Gasteiger partial charge in [-0.15, -0.1) is 0 Å². The number of nitrogens with one attached hydrogen (secondary N) is 1. The van der Waals surface area contributed by atoms with E-state index in [1.54, 1.807) is 6.26 Å². The molecule has 98 valence electrons. The fourth-order valence-electron chi connectivity index (χ4n) is 2.09. The minimum Gasteiger partial charge on any atom is -0.469 e. The molecule has 0 amide bonds. The Kier molecular flexibility index (Phi) is 3.57. The molecule has 2 rings (SSSR count). The maximum atomic E-state index is 5.40. The smallest absolute Gasteiger partial charge is 0.105 e. The number of furan rings is 1. The van der Waals surface area contributed by atoms with E-state index in [4.69, 9.17) is 4.42 Å². The minimum atomic E-state index is -0.0894. The maximum absolute atomic E-state index is 5.40. The third-order valence-corrected chi connectivity index (χ3v) is 3.48. The molecule has 0 saturated carbocycles. The topological polar surface area (TPSA) is 43.0 Å². The average molecular weight is 247 g/mol. The van der Waals surface area contributed by atoms with Gasteiger partial charge in [0.15, 0.2) is 0 Å². The minimum absolute atomic E-state index is 0.0894. The van der Waals surface area contributed by atoms with Gasteiger partial charge in [0, 0.05) is 12.5 Å². The summed E-state index contributed by atoms with van der Waals surface area (Å²) in [4.78, 5) is 4.28. The first-order valence-electron chi connectivity index (χ1n) is 6.28. The van der Waals surface area contributed by atoms with E-state index < -0.39 is 0 Å². The number of hydrogen-bond acceptors (Lipinski definition) is 3. The Bertz CT molecular complexity index is 485. The number of rotatable bonds is 5. The fraction of sp³-hybridized carbons (Fsp3) is 0.500. The molecule has 0 bridgehead atoms. The third kappa shape index (κ3) is 2.48. The van der Waals surface area contributed by atoms with Crippen LogP contribution in [0.5, 0.6) is 0 Å². The molecule has 0 aromatic carbocycles. The molecule has 1 N–H and O–H groups in total. The van der Waals surface area contributed by atoms with Crippen LogP contribution in [0, 0.1) is 0 Å². The summed E-state index contributed by atoms with van der Waals surface area (Å²) >= 11 is 0. The second-order valence-corrected chi connectivity index (χ2v) is 5.19. The van der Waals surface area contributed by atoms with Gasteiger partial charge in [0.05, 0.1) is 30.0 Å². The van der Waals surface area contributed by atoms with Crippen molar-refractivity contribution in [1.29, 1.82) is 0 Å².